The van der Waals surface area contributed by atoms with E-state index >= 15 is 0 Å². The Morgan fingerprint density at radius 1 is 1.24 bits per heavy atom. The predicted octanol–water partition coefficient (Wildman–Crippen LogP) is 2.57. The second kappa shape index (κ2) is 4.09. The summed E-state index contributed by atoms with van der Waals surface area (Å²) in [7, 11) is 0. The van der Waals surface area contributed by atoms with Crippen LogP contribution >= 0.6 is 0 Å². The third-order valence-corrected chi connectivity index (χ3v) is 3.15. The van der Waals surface area contributed by atoms with Crippen LogP contribution in [0.25, 0.3) is 10.9 Å². The van der Waals surface area contributed by atoms with E-state index in [-0.39, 0.29) is 5.91 Å². The van der Waals surface area contributed by atoms with Crippen molar-refractivity contribution in [2.75, 3.05) is 13.1 Å². The Hall–Kier alpha value is -2.03. The van der Waals surface area contributed by atoms with Crippen LogP contribution in [0.1, 0.15) is 16.8 Å². The van der Waals surface area contributed by atoms with Gasteiger partial charge in [0.05, 0.1) is 0 Å². The van der Waals surface area contributed by atoms with Gasteiger partial charge in [0.1, 0.15) is 0 Å². The summed E-state index contributed by atoms with van der Waals surface area (Å²) in [5.74, 6) is 0.117. The number of carbonyl (C=O) groups excluding carboxylic acids is 1. The maximum atomic E-state index is 12.2. The van der Waals surface area contributed by atoms with Gasteiger partial charge >= 0.3 is 0 Å². The van der Waals surface area contributed by atoms with E-state index in [1.54, 1.807) is 0 Å². The van der Waals surface area contributed by atoms with Gasteiger partial charge in [0.25, 0.3) is 5.91 Å². The van der Waals surface area contributed by atoms with E-state index in [0.717, 1.165) is 36.0 Å². The summed E-state index contributed by atoms with van der Waals surface area (Å²) in [4.78, 5) is 17.3. The Bertz CT molecular complexity index is 583. The van der Waals surface area contributed by atoms with Gasteiger partial charge in [-0.05, 0) is 30.0 Å². The zero-order chi connectivity index (χ0) is 11.7. The highest BCUT2D eigenvalue weighted by atomic mass is 16.2. The van der Waals surface area contributed by atoms with Crippen molar-refractivity contribution in [3.63, 3.8) is 0 Å². The van der Waals surface area contributed by atoms with Crippen LogP contribution in [0.3, 0.4) is 0 Å². The number of rotatable bonds is 1. The summed E-state index contributed by atoms with van der Waals surface area (Å²) >= 11 is 0. The maximum absolute atomic E-state index is 12.2. The largest absolute Gasteiger partial charge is 0.361 e. The summed E-state index contributed by atoms with van der Waals surface area (Å²) < 4.78 is 0. The molecule has 2 aromatic rings. The summed E-state index contributed by atoms with van der Waals surface area (Å²) in [5.41, 5.74) is 1.78. The molecule has 3 rings (SSSR count). The summed E-state index contributed by atoms with van der Waals surface area (Å²) in [6.07, 6.45) is 7.02. The van der Waals surface area contributed by atoms with Gasteiger partial charge in [-0.25, -0.2) is 0 Å². The first-order valence-corrected chi connectivity index (χ1v) is 5.86. The highest BCUT2D eigenvalue weighted by Gasteiger charge is 2.16. The lowest BCUT2D eigenvalue weighted by Crippen LogP contribution is -2.33. The molecule has 3 heteroatoms. The van der Waals surface area contributed by atoms with Crippen LogP contribution in [0.5, 0.6) is 0 Å². The van der Waals surface area contributed by atoms with Gasteiger partial charge in [0.2, 0.25) is 0 Å². The maximum Gasteiger partial charge on any atom is 0.254 e. The molecule has 86 valence electrons. The van der Waals surface area contributed by atoms with Gasteiger partial charge in [-0.15, -0.1) is 0 Å². The molecule has 1 aromatic heterocycles. The normalized spacial score (nSPS) is 15.4. The summed E-state index contributed by atoms with van der Waals surface area (Å²) in [5, 5.41) is 1.14. The molecule has 0 aliphatic carbocycles. The van der Waals surface area contributed by atoms with E-state index in [4.69, 9.17) is 0 Å². The Kier molecular flexibility index (Phi) is 2.44. The van der Waals surface area contributed by atoms with Crippen molar-refractivity contribution in [2.24, 2.45) is 0 Å². The first-order valence-electron chi connectivity index (χ1n) is 5.86. The predicted molar refractivity (Wildman–Crippen MR) is 68.0 cm³/mol. The van der Waals surface area contributed by atoms with E-state index < -0.39 is 0 Å². The van der Waals surface area contributed by atoms with Crippen molar-refractivity contribution in [1.82, 2.24) is 9.88 Å². The van der Waals surface area contributed by atoms with Gasteiger partial charge in [-0.3, -0.25) is 4.79 Å². The molecule has 1 N–H and O–H groups in total. The molecule has 0 saturated heterocycles. The van der Waals surface area contributed by atoms with Crippen LogP contribution in [0.2, 0.25) is 0 Å². The van der Waals surface area contributed by atoms with Gasteiger partial charge in [-0.2, -0.15) is 0 Å². The lowest BCUT2D eigenvalue weighted by Gasteiger charge is -2.23. The van der Waals surface area contributed by atoms with Gasteiger partial charge in [0, 0.05) is 30.4 Å². The van der Waals surface area contributed by atoms with E-state index in [1.165, 1.54) is 0 Å². The highest BCUT2D eigenvalue weighted by molar-refractivity contribution is 5.98. The smallest absolute Gasteiger partial charge is 0.254 e. The number of nitrogens with zero attached hydrogens (tertiary/aromatic N) is 1. The first kappa shape index (κ1) is 10.1. The molecule has 0 radical (unpaired) electrons. The summed E-state index contributed by atoms with van der Waals surface area (Å²) in [6, 6.07) is 7.82. The van der Waals surface area contributed by atoms with E-state index in [2.05, 4.69) is 17.1 Å². The zero-order valence-electron chi connectivity index (χ0n) is 9.52. The number of hydrogen-bond donors (Lipinski definition) is 1. The molecule has 1 aromatic carbocycles. The van der Waals surface area contributed by atoms with E-state index in [1.807, 2.05) is 35.4 Å². The van der Waals surface area contributed by atoms with Crippen LogP contribution in [-0.2, 0) is 0 Å². The molecule has 0 fully saturated rings. The third kappa shape index (κ3) is 1.84. The minimum Gasteiger partial charge on any atom is -0.361 e. The number of carbonyl (C=O) groups is 1. The minimum atomic E-state index is 0.117. The first-order chi connectivity index (χ1) is 8.34. The van der Waals surface area contributed by atoms with Crippen molar-refractivity contribution in [3.05, 3.63) is 48.2 Å². The molecule has 3 nitrogen and oxygen atoms in total. The molecule has 17 heavy (non-hydrogen) atoms. The average molecular weight is 226 g/mol. The zero-order valence-corrected chi connectivity index (χ0v) is 9.52. The number of H-pyrrole nitrogens is 1. The molecule has 0 bridgehead atoms. The SMILES string of the molecule is O=C(c1ccc2cc[nH]c2c1)N1CC=CCC1. The Labute approximate surface area is 99.7 Å². The quantitative estimate of drug-likeness (QED) is 0.745. The topological polar surface area (TPSA) is 36.1 Å². The van der Waals surface area contributed by atoms with E-state index in [9.17, 15) is 4.79 Å². The fourth-order valence-corrected chi connectivity index (χ4v) is 2.19. The fraction of sp³-hybridized carbons (Fsp3) is 0.214. The standard InChI is InChI=1S/C14H14N2O/c17-14(16-8-2-1-3-9-16)12-5-4-11-6-7-15-13(11)10-12/h1-2,4-7,10,15H,3,8-9H2. The number of hydrogen-bond acceptors (Lipinski definition) is 1. The lowest BCUT2D eigenvalue weighted by molar-refractivity contribution is 0.0771. The fourth-order valence-electron chi connectivity index (χ4n) is 2.19. The second-order valence-electron chi connectivity index (χ2n) is 4.29. The van der Waals surface area contributed by atoms with Crippen molar-refractivity contribution < 1.29 is 4.79 Å². The molecule has 0 unspecified atom stereocenters. The molecule has 1 aliphatic heterocycles. The molecule has 2 heterocycles. The second-order valence-corrected chi connectivity index (χ2v) is 4.29. The van der Waals surface area contributed by atoms with E-state index in [0.29, 0.717) is 0 Å². The lowest BCUT2D eigenvalue weighted by atomic mass is 10.1. The molecule has 1 amide bonds. The average Bonchev–Trinajstić information content (AvgIpc) is 2.86. The van der Waals surface area contributed by atoms with Crippen LogP contribution < -0.4 is 0 Å². The molecule has 0 saturated carbocycles. The number of aromatic nitrogens is 1. The Morgan fingerprint density at radius 3 is 3.00 bits per heavy atom. The molecule has 0 spiro atoms. The number of nitrogens with one attached hydrogen (secondary N) is 1. The number of fused-ring (bicyclic) bond motifs is 1. The third-order valence-electron chi connectivity index (χ3n) is 3.15. The van der Waals surface area contributed by atoms with Crippen molar-refractivity contribution in [3.8, 4) is 0 Å². The van der Waals surface area contributed by atoms with Crippen molar-refractivity contribution in [1.29, 1.82) is 0 Å². The van der Waals surface area contributed by atoms with Crippen molar-refractivity contribution >= 4 is 16.8 Å². The van der Waals surface area contributed by atoms with Gasteiger partial charge in [0.15, 0.2) is 0 Å². The van der Waals surface area contributed by atoms with Crippen LogP contribution in [0.4, 0.5) is 0 Å². The molecular formula is C14H14N2O. The highest BCUT2D eigenvalue weighted by Crippen LogP contribution is 2.16. The number of benzene rings is 1. The monoisotopic (exact) mass is 226 g/mol. The molecular weight excluding hydrogens is 212 g/mol. The van der Waals surface area contributed by atoms with Gasteiger partial charge < -0.3 is 9.88 Å². The number of aromatic amines is 1. The Morgan fingerprint density at radius 2 is 2.18 bits per heavy atom. The van der Waals surface area contributed by atoms with Gasteiger partial charge in [-0.1, -0.05) is 18.2 Å². The molecule has 1 aliphatic rings. The van der Waals surface area contributed by atoms with Crippen LogP contribution in [-0.4, -0.2) is 28.9 Å². The summed E-state index contributed by atoms with van der Waals surface area (Å²) in [6.45, 7) is 1.54. The minimum absolute atomic E-state index is 0.117. The number of amides is 1. The van der Waals surface area contributed by atoms with Crippen LogP contribution in [0.15, 0.2) is 42.6 Å². The Balaban J connectivity index is 1.91. The van der Waals surface area contributed by atoms with Crippen LogP contribution in [0, 0.1) is 0 Å². The molecule has 0 atom stereocenters. The van der Waals surface area contributed by atoms with Crippen molar-refractivity contribution in [2.45, 2.75) is 6.42 Å².